The highest BCUT2D eigenvalue weighted by Gasteiger charge is 1.90. The third-order valence-electron chi connectivity index (χ3n) is 2.17. The zero-order valence-corrected chi connectivity index (χ0v) is 15.5. The molecule has 26 heavy (non-hydrogen) atoms. The second-order valence-corrected chi connectivity index (χ2v) is 3.65. The molecule has 0 spiro atoms. The molecule has 0 aliphatic heterocycles. The summed E-state index contributed by atoms with van der Waals surface area (Å²) in [5, 5.41) is 0. The number of rotatable bonds is 1. The number of carbonyl (C=O) groups is 2. The lowest BCUT2D eigenvalue weighted by atomic mass is 10.4. The van der Waals surface area contributed by atoms with Crippen molar-refractivity contribution in [3.8, 4) is 0 Å². The normalized spacial score (nSPS) is 7.85. The molecule has 0 aliphatic carbocycles. The first-order valence-corrected chi connectivity index (χ1v) is 8.05. The summed E-state index contributed by atoms with van der Waals surface area (Å²) in [5.74, 6) is 0.396. The van der Waals surface area contributed by atoms with Crippen molar-refractivity contribution in [2.45, 2.75) is 27.7 Å². The quantitative estimate of drug-likeness (QED) is 0.500. The number of hydrogen-bond donors (Lipinski definition) is 2. The lowest BCUT2D eigenvalue weighted by molar-refractivity contribution is -0.122. The zero-order chi connectivity index (χ0) is 20.2. The van der Waals surface area contributed by atoms with Crippen molar-refractivity contribution in [1.82, 2.24) is 19.9 Å². The van der Waals surface area contributed by atoms with Crippen LogP contribution in [0.5, 0.6) is 0 Å². The zero-order valence-electron chi connectivity index (χ0n) is 15.5. The van der Waals surface area contributed by atoms with Gasteiger partial charge in [-0.25, -0.2) is 15.0 Å². The maximum Gasteiger partial charge on any atom is 0.182 e. The van der Waals surface area contributed by atoms with Crippen molar-refractivity contribution in [1.29, 1.82) is 0 Å². The van der Waals surface area contributed by atoms with Crippen LogP contribution in [0.25, 0.3) is 11.2 Å². The average molecular weight is 358 g/mol. The molecule has 140 valence electrons. The molecule has 3 heterocycles. The number of aromatic nitrogens is 4. The van der Waals surface area contributed by atoms with Gasteiger partial charge in [0, 0.05) is 24.8 Å². The summed E-state index contributed by atoms with van der Waals surface area (Å²) >= 11 is 0. The Balaban J connectivity index is 0. The van der Waals surface area contributed by atoms with Gasteiger partial charge in [-0.2, -0.15) is 0 Å². The first kappa shape index (κ1) is 24.8. The van der Waals surface area contributed by atoms with Crippen molar-refractivity contribution in [2.24, 2.45) is 0 Å². The Morgan fingerprint density at radius 3 is 1.69 bits per heavy atom. The predicted octanol–water partition coefficient (Wildman–Crippen LogP) is 2.71. The molecule has 0 bridgehead atoms. The van der Waals surface area contributed by atoms with E-state index in [0.717, 1.165) is 5.52 Å². The van der Waals surface area contributed by atoms with Gasteiger partial charge in [0.15, 0.2) is 18.2 Å². The number of nitrogen functional groups attached to an aromatic ring is 2. The topological polar surface area (TPSA) is 138 Å². The summed E-state index contributed by atoms with van der Waals surface area (Å²) in [4.78, 5) is 33.4. The fourth-order valence-corrected chi connectivity index (χ4v) is 1.24. The number of aldehydes is 2. The van der Waals surface area contributed by atoms with Crippen LogP contribution in [0.4, 0.5) is 11.5 Å². The van der Waals surface area contributed by atoms with Gasteiger partial charge in [0.25, 0.3) is 0 Å². The summed E-state index contributed by atoms with van der Waals surface area (Å²) in [5.41, 5.74) is 12.7. The van der Waals surface area contributed by atoms with Crippen LogP contribution in [0.3, 0.4) is 0 Å². The highest BCUT2D eigenvalue weighted by molar-refractivity contribution is 6.09. The SMILES string of the molecule is CC.CC.Nc1cccnc1N.O=CC=O.c1cnc2nccnc2c1. The van der Waals surface area contributed by atoms with Crippen molar-refractivity contribution < 1.29 is 9.59 Å². The summed E-state index contributed by atoms with van der Waals surface area (Å²) < 4.78 is 0. The molecular formula is C18H26N6O2. The van der Waals surface area contributed by atoms with Gasteiger partial charge in [-0.05, 0) is 24.3 Å². The number of fused-ring (bicyclic) bond motifs is 1. The standard InChI is InChI=1S/C7H5N3.C5H7N3.C2H2O2.2C2H6/c1-2-6-7(9-3-1)10-5-4-8-6;6-4-2-1-3-8-5(4)7;3-1-2-4;2*1-2/h1-5H;1-3H,6H2,(H2,7,8);1-2H;2*1-2H3. The third kappa shape index (κ3) is 11.2. The van der Waals surface area contributed by atoms with E-state index in [-0.39, 0.29) is 12.6 Å². The van der Waals surface area contributed by atoms with Crippen LogP contribution in [-0.4, -0.2) is 32.5 Å². The minimum atomic E-state index is 0.194. The van der Waals surface area contributed by atoms with E-state index >= 15 is 0 Å². The molecule has 0 aliphatic rings. The molecule has 0 saturated heterocycles. The largest absolute Gasteiger partial charge is 0.396 e. The van der Waals surface area contributed by atoms with E-state index in [0.29, 0.717) is 17.2 Å². The Hall–Kier alpha value is -3.42. The molecular weight excluding hydrogens is 332 g/mol. The second kappa shape index (κ2) is 17.9. The second-order valence-electron chi connectivity index (χ2n) is 3.65. The summed E-state index contributed by atoms with van der Waals surface area (Å²) in [6.45, 7) is 8.00. The smallest absolute Gasteiger partial charge is 0.182 e. The highest BCUT2D eigenvalue weighted by atomic mass is 16.2. The van der Waals surface area contributed by atoms with E-state index in [1.807, 2.05) is 39.8 Å². The Morgan fingerprint density at radius 1 is 0.731 bits per heavy atom. The monoisotopic (exact) mass is 358 g/mol. The first-order valence-electron chi connectivity index (χ1n) is 8.05. The fraction of sp³-hybridized carbons (Fsp3) is 0.222. The van der Waals surface area contributed by atoms with Gasteiger partial charge < -0.3 is 11.5 Å². The minimum absolute atomic E-state index is 0.194. The number of anilines is 2. The van der Waals surface area contributed by atoms with Crippen LogP contribution in [0.2, 0.25) is 0 Å². The number of nitrogens with two attached hydrogens (primary N) is 2. The number of nitrogens with zero attached hydrogens (tertiary/aromatic N) is 4. The first-order chi connectivity index (χ1) is 12.7. The Morgan fingerprint density at radius 2 is 1.23 bits per heavy atom. The molecule has 0 unspecified atom stereocenters. The van der Waals surface area contributed by atoms with E-state index in [2.05, 4.69) is 19.9 Å². The van der Waals surface area contributed by atoms with Crippen molar-refractivity contribution in [2.75, 3.05) is 11.5 Å². The summed E-state index contributed by atoms with van der Waals surface area (Å²) in [7, 11) is 0. The van der Waals surface area contributed by atoms with Gasteiger partial charge in [-0.3, -0.25) is 14.6 Å². The van der Waals surface area contributed by atoms with E-state index in [4.69, 9.17) is 21.1 Å². The predicted molar refractivity (Wildman–Crippen MR) is 105 cm³/mol. The van der Waals surface area contributed by atoms with Crippen molar-refractivity contribution in [3.63, 3.8) is 0 Å². The summed E-state index contributed by atoms with van der Waals surface area (Å²) in [6.07, 6.45) is 6.99. The Bertz CT molecular complexity index is 645. The van der Waals surface area contributed by atoms with Crippen LogP contribution in [-0.2, 0) is 9.59 Å². The van der Waals surface area contributed by atoms with Crippen LogP contribution < -0.4 is 11.5 Å². The van der Waals surface area contributed by atoms with Gasteiger partial charge >= 0.3 is 0 Å². The summed E-state index contributed by atoms with van der Waals surface area (Å²) in [6, 6.07) is 7.18. The molecule has 8 heteroatoms. The van der Waals surface area contributed by atoms with Gasteiger partial charge in [-0.1, -0.05) is 27.7 Å². The molecule has 0 aromatic carbocycles. The molecule has 0 saturated carbocycles. The molecule has 0 radical (unpaired) electrons. The van der Waals surface area contributed by atoms with Gasteiger partial charge in [-0.15, -0.1) is 0 Å². The van der Waals surface area contributed by atoms with E-state index in [1.165, 1.54) is 0 Å². The molecule has 4 N–H and O–H groups in total. The average Bonchev–Trinajstić information content (AvgIpc) is 2.74. The van der Waals surface area contributed by atoms with Gasteiger partial charge in [0.2, 0.25) is 0 Å². The van der Waals surface area contributed by atoms with Crippen molar-refractivity contribution in [3.05, 3.63) is 49.1 Å². The highest BCUT2D eigenvalue weighted by Crippen LogP contribution is 2.06. The van der Waals surface area contributed by atoms with E-state index in [9.17, 15) is 0 Å². The maximum atomic E-state index is 8.81. The maximum absolute atomic E-state index is 8.81. The van der Waals surface area contributed by atoms with Crippen LogP contribution in [0.15, 0.2) is 49.1 Å². The minimum Gasteiger partial charge on any atom is -0.396 e. The number of pyridine rings is 2. The van der Waals surface area contributed by atoms with Crippen LogP contribution >= 0.6 is 0 Å². The number of hydrogen-bond acceptors (Lipinski definition) is 8. The van der Waals surface area contributed by atoms with Crippen LogP contribution in [0, 0.1) is 0 Å². The molecule has 8 nitrogen and oxygen atoms in total. The van der Waals surface area contributed by atoms with Crippen molar-refractivity contribution >= 4 is 35.2 Å². The van der Waals surface area contributed by atoms with E-state index in [1.54, 1.807) is 36.9 Å². The molecule has 0 fully saturated rings. The molecule has 0 atom stereocenters. The molecule has 0 amide bonds. The fourth-order valence-electron chi connectivity index (χ4n) is 1.24. The van der Waals surface area contributed by atoms with Gasteiger partial charge in [0.05, 0.1) is 5.69 Å². The number of carbonyl (C=O) groups excluding carboxylic acids is 2. The van der Waals surface area contributed by atoms with Crippen LogP contribution in [0.1, 0.15) is 27.7 Å². The molecule has 3 aromatic rings. The molecule has 3 rings (SSSR count). The lowest BCUT2D eigenvalue weighted by Crippen LogP contribution is -1.95. The lowest BCUT2D eigenvalue weighted by Gasteiger charge is -1.92. The van der Waals surface area contributed by atoms with Gasteiger partial charge in [0.1, 0.15) is 11.3 Å². The van der Waals surface area contributed by atoms with E-state index < -0.39 is 0 Å². The third-order valence-corrected chi connectivity index (χ3v) is 2.17. The Kier molecular flexibility index (Phi) is 17.1. The molecule has 3 aromatic heterocycles. The Labute approximate surface area is 153 Å².